The van der Waals surface area contributed by atoms with Crippen LogP contribution in [0, 0.1) is 18.8 Å². The minimum absolute atomic E-state index is 0.0437. The minimum atomic E-state index is -2.99. The van der Waals surface area contributed by atoms with Gasteiger partial charge in [0.15, 0.2) is 9.84 Å². The van der Waals surface area contributed by atoms with Gasteiger partial charge in [0.1, 0.15) is 0 Å². The normalized spacial score (nSPS) is 24.7. The Hall–Kier alpha value is -1.43. The van der Waals surface area contributed by atoms with Crippen molar-refractivity contribution >= 4 is 15.7 Å². The van der Waals surface area contributed by atoms with Crippen molar-refractivity contribution in [3.8, 4) is 0 Å². The summed E-state index contributed by atoms with van der Waals surface area (Å²) in [6.07, 6.45) is 5.36. The van der Waals surface area contributed by atoms with Crippen molar-refractivity contribution < 1.29 is 13.2 Å². The first kappa shape index (κ1) is 16.4. The molecule has 1 amide bonds. The quantitative estimate of drug-likeness (QED) is 0.841. The van der Waals surface area contributed by atoms with Gasteiger partial charge >= 0.3 is 0 Å². The summed E-state index contributed by atoms with van der Waals surface area (Å²) in [4.78, 5) is 18.5. The lowest BCUT2D eigenvalue weighted by atomic mass is 9.89. The Labute approximate surface area is 138 Å². The van der Waals surface area contributed by atoms with E-state index in [1.807, 2.05) is 18.0 Å². The van der Waals surface area contributed by atoms with E-state index in [0.29, 0.717) is 12.3 Å². The van der Waals surface area contributed by atoms with E-state index in [4.69, 9.17) is 0 Å². The van der Waals surface area contributed by atoms with Crippen molar-refractivity contribution in [3.05, 3.63) is 29.6 Å². The number of aryl methyl sites for hydroxylation is 1. The zero-order chi connectivity index (χ0) is 16.4. The molecule has 2 aliphatic rings. The van der Waals surface area contributed by atoms with Crippen molar-refractivity contribution in [2.75, 3.05) is 24.6 Å². The number of sulfone groups is 1. The Morgan fingerprint density at radius 2 is 2.04 bits per heavy atom. The number of likely N-dealkylation sites (tertiary alicyclic amines) is 1. The molecule has 2 aliphatic heterocycles. The molecule has 0 aliphatic carbocycles. The minimum Gasteiger partial charge on any atom is -0.342 e. The molecule has 0 N–H and O–H groups in total. The van der Waals surface area contributed by atoms with Gasteiger partial charge in [-0.25, -0.2) is 8.42 Å². The van der Waals surface area contributed by atoms with Gasteiger partial charge in [-0.2, -0.15) is 0 Å². The van der Waals surface area contributed by atoms with Crippen molar-refractivity contribution in [2.24, 2.45) is 11.8 Å². The van der Waals surface area contributed by atoms with Gasteiger partial charge in [-0.05, 0) is 56.2 Å². The maximum absolute atomic E-state index is 12.5. The Morgan fingerprint density at radius 1 is 1.30 bits per heavy atom. The smallest absolute Gasteiger partial charge is 0.226 e. The van der Waals surface area contributed by atoms with E-state index in [1.165, 1.54) is 5.56 Å². The highest BCUT2D eigenvalue weighted by molar-refractivity contribution is 7.91. The van der Waals surface area contributed by atoms with Gasteiger partial charge in [0, 0.05) is 25.0 Å². The number of carbonyl (C=O) groups is 1. The highest BCUT2D eigenvalue weighted by Crippen LogP contribution is 2.26. The molecule has 1 unspecified atom stereocenters. The van der Waals surface area contributed by atoms with Crippen LogP contribution < -0.4 is 0 Å². The molecule has 0 bridgehead atoms. The summed E-state index contributed by atoms with van der Waals surface area (Å²) in [5.74, 6) is 0.542. The van der Waals surface area contributed by atoms with E-state index in [0.717, 1.165) is 38.0 Å². The van der Waals surface area contributed by atoms with Crippen LogP contribution in [0.3, 0.4) is 0 Å². The van der Waals surface area contributed by atoms with Gasteiger partial charge in [0.2, 0.25) is 5.91 Å². The van der Waals surface area contributed by atoms with Crippen molar-refractivity contribution in [1.29, 1.82) is 0 Å². The first-order chi connectivity index (χ1) is 10.9. The molecule has 0 radical (unpaired) electrons. The highest BCUT2D eigenvalue weighted by atomic mass is 32.2. The zero-order valence-electron chi connectivity index (χ0n) is 13.6. The average molecular weight is 336 g/mol. The third-order valence-corrected chi connectivity index (χ3v) is 6.76. The lowest BCUT2D eigenvalue weighted by molar-refractivity contribution is -0.136. The fourth-order valence-corrected chi connectivity index (χ4v) is 5.40. The number of rotatable bonds is 3. The maximum Gasteiger partial charge on any atom is 0.226 e. The van der Waals surface area contributed by atoms with Gasteiger partial charge in [-0.15, -0.1) is 0 Å². The van der Waals surface area contributed by atoms with Crippen LogP contribution in [0.25, 0.3) is 0 Å². The average Bonchev–Trinajstić information content (AvgIpc) is 2.87. The van der Waals surface area contributed by atoms with E-state index in [1.54, 1.807) is 0 Å². The topological polar surface area (TPSA) is 67.3 Å². The maximum atomic E-state index is 12.5. The number of hydrogen-bond acceptors (Lipinski definition) is 4. The van der Waals surface area contributed by atoms with E-state index >= 15 is 0 Å². The predicted molar refractivity (Wildman–Crippen MR) is 88.7 cm³/mol. The lowest BCUT2D eigenvalue weighted by Gasteiger charge is -2.33. The van der Waals surface area contributed by atoms with Crippen LogP contribution in [0.5, 0.6) is 0 Å². The molecule has 0 aromatic carbocycles. The monoisotopic (exact) mass is 336 g/mol. The molecule has 0 saturated carbocycles. The first-order valence-electron chi connectivity index (χ1n) is 8.34. The van der Waals surface area contributed by atoms with Crippen LogP contribution in [0.2, 0.25) is 0 Å². The third kappa shape index (κ3) is 4.10. The summed E-state index contributed by atoms with van der Waals surface area (Å²) in [6, 6.07) is 4.19. The van der Waals surface area contributed by atoms with Crippen molar-refractivity contribution in [3.63, 3.8) is 0 Å². The second-order valence-electron chi connectivity index (χ2n) is 6.88. The number of amides is 1. The largest absolute Gasteiger partial charge is 0.342 e. The number of piperidine rings is 1. The first-order valence-corrected chi connectivity index (χ1v) is 10.2. The number of pyridine rings is 1. The summed E-state index contributed by atoms with van der Waals surface area (Å²) >= 11 is 0. The molecule has 3 rings (SSSR count). The SMILES string of the molecule is Cc1cc(CC2CCN(C(=O)C3CCS(=O)(=O)C3)CC2)ccn1. The Morgan fingerprint density at radius 3 is 2.65 bits per heavy atom. The van der Waals surface area contributed by atoms with E-state index < -0.39 is 9.84 Å². The predicted octanol–water partition coefficient (Wildman–Crippen LogP) is 1.61. The summed E-state index contributed by atoms with van der Waals surface area (Å²) < 4.78 is 23.1. The molecule has 3 heterocycles. The van der Waals surface area contributed by atoms with Crippen LogP contribution in [0.15, 0.2) is 18.3 Å². The van der Waals surface area contributed by atoms with Crippen LogP contribution in [0.1, 0.15) is 30.5 Å². The fraction of sp³-hybridized carbons (Fsp3) is 0.647. The van der Waals surface area contributed by atoms with E-state index in [2.05, 4.69) is 17.1 Å². The van der Waals surface area contributed by atoms with Crippen LogP contribution >= 0.6 is 0 Å². The Bertz CT molecular complexity index is 679. The molecule has 1 atom stereocenters. The van der Waals surface area contributed by atoms with Gasteiger partial charge in [-0.1, -0.05) is 0 Å². The molecule has 1 aromatic heterocycles. The molecule has 23 heavy (non-hydrogen) atoms. The molecule has 5 nitrogen and oxygen atoms in total. The van der Waals surface area contributed by atoms with E-state index in [-0.39, 0.29) is 23.3 Å². The Kier molecular flexibility index (Phi) is 4.71. The summed E-state index contributed by atoms with van der Waals surface area (Å²) in [6.45, 7) is 3.51. The second kappa shape index (κ2) is 6.59. The summed E-state index contributed by atoms with van der Waals surface area (Å²) in [7, 11) is -2.99. The van der Waals surface area contributed by atoms with E-state index in [9.17, 15) is 13.2 Å². The molecule has 1 aromatic rings. The molecular weight excluding hydrogens is 312 g/mol. The molecule has 2 saturated heterocycles. The standard InChI is InChI=1S/C17H24N2O3S/c1-13-10-15(2-6-18-13)11-14-3-7-19(8-4-14)17(20)16-5-9-23(21,22)12-16/h2,6,10,14,16H,3-5,7-9,11-12H2,1H3. The molecular formula is C17H24N2O3S. The molecule has 2 fully saturated rings. The van der Waals surface area contributed by atoms with Crippen molar-refractivity contribution in [2.45, 2.75) is 32.6 Å². The number of hydrogen-bond donors (Lipinski definition) is 0. The van der Waals surface area contributed by atoms with Crippen molar-refractivity contribution in [1.82, 2.24) is 9.88 Å². The summed E-state index contributed by atoms with van der Waals surface area (Å²) in [5.41, 5.74) is 2.35. The van der Waals surface area contributed by atoms with Gasteiger partial charge in [0.05, 0.1) is 17.4 Å². The molecule has 6 heteroatoms. The number of carbonyl (C=O) groups excluding carboxylic acids is 1. The van der Waals surface area contributed by atoms with Crippen LogP contribution in [-0.2, 0) is 21.1 Å². The molecule has 0 spiro atoms. The highest BCUT2D eigenvalue weighted by Gasteiger charge is 2.36. The van der Waals surface area contributed by atoms with Crippen LogP contribution in [-0.4, -0.2) is 48.8 Å². The van der Waals surface area contributed by atoms with Gasteiger partial charge in [0.25, 0.3) is 0 Å². The fourth-order valence-electron chi connectivity index (χ4n) is 3.67. The molecule has 126 valence electrons. The van der Waals surface area contributed by atoms with Gasteiger partial charge < -0.3 is 4.90 Å². The third-order valence-electron chi connectivity index (χ3n) is 4.99. The summed E-state index contributed by atoms with van der Waals surface area (Å²) in [5, 5.41) is 0. The Balaban J connectivity index is 1.51. The zero-order valence-corrected chi connectivity index (χ0v) is 14.4. The van der Waals surface area contributed by atoms with Gasteiger partial charge in [-0.3, -0.25) is 9.78 Å². The van der Waals surface area contributed by atoms with Crippen LogP contribution in [0.4, 0.5) is 0 Å². The lowest BCUT2D eigenvalue weighted by Crippen LogP contribution is -2.42. The second-order valence-corrected chi connectivity index (χ2v) is 9.11. The number of nitrogens with zero attached hydrogens (tertiary/aromatic N) is 2. The number of aromatic nitrogens is 1.